The van der Waals surface area contributed by atoms with Crippen LogP contribution in [0.1, 0.15) is 37.5 Å². The molecular weight excluding hydrogens is 523 g/mol. The molecule has 7 heteroatoms. The molecule has 0 radical (unpaired) electrons. The number of carbonyl (C=O) groups is 1. The van der Waals surface area contributed by atoms with Gasteiger partial charge >= 0.3 is 0 Å². The van der Waals surface area contributed by atoms with Crippen LogP contribution in [0.2, 0.25) is 0 Å². The first-order valence-electron chi connectivity index (χ1n) is 10.4. The van der Waals surface area contributed by atoms with Crippen molar-refractivity contribution >= 4 is 51.5 Å². The van der Waals surface area contributed by atoms with E-state index in [4.69, 9.17) is 9.47 Å². The lowest BCUT2D eigenvalue weighted by Gasteiger charge is -2.15. The Bertz CT molecular complexity index is 1000. The zero-order chi connectivity index (χ0) is 22.4. The molecule has 0 unspecified atom stereocenters. The van der Waals surface area contributed by atoms with Crippen molar-refractivity contribution in [3.8, 4) is 11.5 Å². The molecule has 1 saturated heterocycles. The van der Waals surface area contributed by atoms with Crippen molar-refractivity contribution in [2.75, 3.05) is 19.7 Å². The van der Waals surface area contributed by atoms with E-state index in [1.807, 2.05) is 39.0 Å². The van der Waals surface area contributed by atoms with Gasteiger partial charge in [-0.3, -0.25) is 14.7 Å². The number of halogens is 1. The minimum atomic E-state index is -0.00707. The summed E-state index contributed by atoms with van der Waals surface area (Å²) in [6.07, 6.45) is 1.91. The number of nitrogens with zero attached hydrogens (tertiary/aromatic N) is 2. The number of benzene rings is 2. The first-order valence-corrected chi connectivity index (χ1v) is 12.3. The van der Waals surface area contributed by atoms with E-state index >= 15 is 0 Å². The van der Waals surface area contributed by atoms with E-state index in [1.165, 1.54) is 17.3 Å². The normalized spacial score (nSPS) is 16.4. The highest BCUT2D eigenvalue weighted by atomic mass is 127. The van der Waals surface area contributed by atoms with Crippen LogP contribution in [0, 0.1) is 10.5 Å². The summed E-state index contributed by atoms with van der Waals surface area (Å²) < 4.78 is 12.9. The van der Waals surface area contributed by atoms with Crippen LogP contribution >= 0.6 is 34.4 Å². The summed E-state index contributed by atoms with van der Waals surface area (Å²) in [7, 11) is 0. The van der Waals surface area contributed by atoms with Crippen molar-refractivity contribution in [3.05, 3.63) is 61.6 Å². The summed E-state index contributed by atoms with van der Waals surface area (Å²) >= 11 is 3.68. The fourth-order valence-electron chi connectivity index (χ4n) is 3.11. The third-order valence-electron chi connectivity index (χ3n) is 4.63. The van der Waals surface area contributed by atoms with Crippen LogP contribution < -0.4 is 9.47 Å². The molecule has 1 amide bonds. The number of thioether (sulfide) groups is 1. The molecule has 1 fully saturated rings. The smallest absolute Gasteiger partial charge is 0.266 e. The highest BCUT2D eigenvalue weighted by Crippen LogP contribution is 2.38. The third-order valence-corrected chi connectivity index (χ3v) is 6.48. The van der Waals surface area contributed by atoms with E-state index in [0.29, 0.717) is 37.0 Å². The molecule has 3 rings (SSSR count). The van der Waals surface area contributed by atoms with Gasteiger partial charge in [0.2, 0.25) is 0 Å². The molecule has 0 atom stereocenters. The SMILES string of the molecule is CCN=C1S/C(=C/c2cc(I)c(OCc3ccc(C)cc3)c(OCC)c2)C(=O)N1CC. The minimum absolute atomic E-state index is 0.00707. The number of amides is 1. The maximum Gasteiger partial charge on any atom is 0.266 e. The molecule has 0 aliphatic carbocycles. The fraction of sp³-hybridized carbons (Fsp3) is 0.333. The molecule has 2 aromatic carbocycles. The van der Waals surface area contributed by atoms with Gasteiger partial charge in [-0.15, -0.1) is 0 Å². The van der Waals surface area contributed by atoms with Crippen molar-refractivity contribution < 1.29 is 14.3 Å². The summed E-state index contributed by atoms with van der Waals surface area (Å²) in [6, 6.07) is 12.2. The molecular formula is C24H27IN2O3S. The summed E-state index contributed by atoms with van der Waals surface area (Å²) in [5, 5.41) is 0.763. The van der Waals surface area contributed by atoms with Gasteiger partial charge < -0.3 is 9.47 Å². The van der Waals surface area contributed by atoms with Crippen LogP contribution in [0.4, 0.5) is 0 Å². The summed E-state index contributed by atoms with van der Waals surface area (Å²) in [4.78, 5) is 19.6. The van der Waals surface area contributed by atoms with Crippen LogP contribution in [0.15, 0.2) is 46.3 Å². The second-order valence-electron chi connectivity index (χ2n) is 6.95. The Labute approximate surface area is 202 Å². The molecule has 0 saturated carbocycles. The van der Waals surface area contributed by atoms with E-state index < -0.39 is 0 Å². The van der Waals surface area contributed by atoms with Gasteiger partial charge in [0.05, 0.1) is 15.1 Å². The Morgan fingerprint density at radius 3 is 2.52 bits per heavy atom. The number of hydrogen-bond acceptors (Lipinski definition) is 5. The third kappa shape index (κ3) is 5.83. The molecule has 31 heavy (non-hydrogen) atoms. The Morgan fingerprint density at radius 2 is 1.87 bits per heavy atom. The predicted octanol–water partition coefficient (Wildman–Crippen LogP) is 5.89. The van der Waals surface area contributed by atoms with Crippen molar-refractivity contribution in [1.29, 1.82) is 0 Å². The van der Waals surface area contributed by atoms with Crippen molar-refractivity contribution in [1.82, 2.24) is 4.90 Å². The van der Waals surface area contributed by atoms with E-state index in [1.54, 1.807) is 4.90 Å². The molecule has 1 aliphatic heterocycles. The second kappa shape index (κ2) is 11.0. The van der Waals surface area contributed by atoms with Crippen LogP contribution in [0.25, 0.3) is 6.08 Å². The van der Waals surface area contributed by atoms with Gasteiger partial charge in [0.15, 0.2) is 16.7 Å². The number of likely N-dealkylation sites (N-methyl/N-ethyl adjacent to an activating group) is 1. The van der Waals surface area contributed by atoms with E-state index in [0.717, 1.165) is 25.6 Å². The molecule has 0 spiro atoms. The van der Waals surface area contributed by atoms with Gasteiger partial charge in [-0.05, 0) is 91.4 Å². The van der Waals surface area contributed by atoms with Gasteiger partial charge in [-0.25, -0.2) is 0 Å². The lowest BCUT2D eigenvalue weighted by atomic mass is 10.1. The van der Waals surface area contributed by atoms with Crippen molar-refractivity contribution in [2.24, 2.45) is 4.99 Å². The second-order valence-corrected chi connectivity index (χ2v) is 9.13. The Kier molecular flexibility index (Phi) is 8.43. The van der Waals surface area contributed by atoms with Gasteiger partial charge in [-0.2, -0.15) is 0 Å². The highest BCUT2D eigenvalue weighted by molar-refractivity contribution is 14.1. The average Bonchev–Trinajstić information content (AvgIpc) is 3.03. The highest BCUT2D eigenvalue weighted by Gasteiger charge is 2.31. The van der Waals surface area contributed by atoms with E-state index in [-0.39, 0.29) is 5.91 Å². The van der Waals surface area contributed by atoms with Gasteiger partial charge in [-0.1, -0.05) is 29.8 Å². The standard InChI is InChI=1S/C24H27IN2O3S/c1-5-26-24-27(6-2)23(28)21(31-24)14-18-12-19(25)22(20(13-18)29-7-3)30-15-17-10-8-16(4)9-11-17/h8-14H,5-7,15H2,1-4H3/b21-14+,26-24?. The first kappa shape index (κ1) is 23.7. The number of amidine groups is 1. The van der Waals surface area contributed by atoms with E-state index in [9.17, 15) is 4.79 Å². The predicted molar refractivity (Wildman–Crippen MR) is 137 cm³/mol. The fourth-order valence-corrected chi connectivity index (χ4v) is 4.99. The molecule has 0 bridgehead atoms. The molecule has 1 aliphatic rings. The molecule has 164 valence electrons. The van der Waals surface area contributed by atoms with Gasteiger partial charge in [0, 0.05) is 13.1 Å². The summed E-state index contributed by atoms with van der Waals surface area (Å²) in [5.41, 5.74) is 3.23. The largest absolute Gasteiger partial charge is 0.490 e. The minimum Gasteiger partial charge on any atom is -0.490 e. The maximum absolute atomic E-state index is 12.8. The van der Waals surface area contributed by atoms with Crippen LogP contribution in [0.3, 0.4) is 0 Å². The monoisotopic (exact) mass is 550 g/mol. The van der Waals surface area contributed by atoms with Crippen molar-refractivity contribution in [3.63, 3.8) is 0 Å². The number of carbonyl (C=O) groups excluding carboxylic acids is 1. The Hall–Kier alpha value is -2.00. The maximum atomic E-state index is 12.8. The molecule has 5 nitrogen and oxygen atoms in total. The molecule has 1 heterocycles. The number of aryl methyl sites for hydroxylation is 1. The molecule has 0 N–H and O–H groups in total. The summed E-state index contributed by atoms with van der Waals surface area (Å²) in [6.45, 7) is 10.2. The number of rotatable bonds is 8. The lowest BCUT2D eigenvalue weighted by molar-refractivity contribution is -0.122. The Morgan fingerprint density at radius 1 is 1.13 bits per heavy atom. The zero-order valence-electron chi connectivity index (χ0n) is 18.3. The van der Waals surface area contributed by atoms with Gasteiger partial charge in [0.25, 0.3) is 5.91 Å². The van der Waals surface area contributed by atoms with Crippen LogP contribution in [0.5, 0.6) is 11.5 Å². The molecule has 2 aromatic rings. The number of ether oxygens (including phenoxy) is 2. The van der Waals surface area contributed by atoms with Gasteiger partial charge in [0.1, 0.15) is 6.61 Å². The zero-order valence-corrected chi connectivity index (χ0v) is 21.2. The Balaban J connectivity index is 1.87. The quantitative estimate of drug-likeness (QED) is 0.304. The molecule has 0 aromatic heterocycles. The topological polar surface area (TPSA) is 51.1 Å². The summed E-state index contributed by atoms with van der Waals surface area (Å²) in [5.74, 6) is 1.39. The van der Waals surface area contributed by atoms with E-state index in [2.05, 4.69) is 58.8 Å². The van der Waals surface area contributed by atoms with Crippen LogP contribution in [-0.2, 0) is 11.4 Å². The van der Waals surface area contributed by atoms with Crippen molar-refractivity contribution in [2.45, 2.75) is 34.3 Å². The average molecular weight is 550 g/mol. The number of aliphatic imine (C=N–C) groups is 1. The van der Waals surface area contributed by atoms with Crippen LogP contribution in [-0.4, -0.2) is 35.7 Å². The first-order chi connectivity index (χ1) is 15.0. The lowest BCUT2D eigenvalue weighted by Crippen LogP contribution is -2.28. The number of hydrogen-bond donors (Lipinski definition) is 0.